The average molecular weight is 607 g/mol. The van der Waals surface area contributed by atoms with Crippen molar-refractivity contribution < 1.29 is 118 Å². The van der Waals surface area contributed by atoms with Crippen molar-refractivity contribution in [3.63, 3.8) is 0 Å². The maximum atomic E-state index is 10.7. The first kappa shape index (κ1) is 33.0. The zero-order chi connectivity index (χ0) is 21.0. The second-order valence-corrected chi connectivity index (χ2v) is 7.00. The molecule has 0 spiro atoms. The van der Waals surface area contributed by atoms with Crippen LogP contribution in [-0.2, 0) is 30.4 Å². The summed E-state index contributed by atoms with van der Waals surface area (Å²) in [5, 5.41) is 0. The first-order valence-corrected chi connectivity index (χ1v) is 8.18. The fraction of sp³-hybridized carbons (Fsp3) is 1.00. The summed E-state index contributed by atoms with van der Waals surface area (Å²) in [5.41, 5.74) is -16.6. The van der Waals surface area contributed by atoms with Crippen molar-refractivity contribution in [3.8, 4) is 0 Å². The van der Waals surface area contributed by atoms with Crippen molar-refractivity contribution in [2.24, 2.45) is 0 Å². The zero-order valence-electron chi connectivity index (χ0n) is 10.3. The number of hydrogen-bond donors (Lipinski definition) is 3. The van der Waals surface area contributed by atoms with Gasteiger partial charge in [0, 0.05) is 39.9 Å². The molecule has 0 heterocycles. The Hall–Kier alpha value is 0.425. The molecule has 0 rings (SSSR count). The van der Waals surface area contributed by atoms with Crippen LogP contribution in [0.4, 0.5) is 39.5 Å². The Kier molecular flexibility index (Phi) is 13.4. The van der Waals surface area contributed by atoms with Crippen molar-refractivity contribution in [1.82, 2.24) is 0 Å². The SMILES string of the molecule is O=S(=O)(O)C(F)(F)F.O=S(=O)(O)C(F)(F)F.O=S(=O)(O)C(F)(F)F.[Gd]. The van der Waals surface area contributed by atoms with Gasteiger partial charge < -0.3 is 0 Å². The zero-order valence-corrected chi connectivity index (χ0v) is 15.0. The third kappa shape index (κ3) is 16.3. The van der Waals surface area contributed by atoms with Gasteiger partial charge in [-0.05, 0) is 0 Å². The van der Waals surface area contributed by atoms with E-state index in [0.717, 1.165) is 0 Å². The molecular formula is C3H3F9GdO9S3. The minimum atomic E-state index is -5.84. The first-order valence-electron chi connectivity index (χ1n) is 3.86. The summed E-state index contributed by atoms with van der Waals surface area (Å²) in [6.07, 6.45) is 0. The van der Waals surface area contributed by atoms with Crippen molar-refractivity contribution in [3.05, 3.63) is 0 Å². The predicted molar refractivity (Wildman–Crippen MR) is 52.8 cm³/mol. The summed E-state index contributed by atoms with van der Waals surface area (Å²) in [4.78, 5) is 0. The molecule has 0 aliphatic heterocycles. The fourth-order valence-electron chi connectivity index (χ4n) is 0. The second kappa shape index (κ2) is 10.1. The van der Waals surface area contributed by atoms with Crippen LogP contribution < -0.4 is 0 Å². The Morgan fingerprint density at radius 2 is 0.480 bits per heavy atom. The van der Waals surface area contributed by atoms with E-state index < -0.39 is 46.9 Å². The molecule has 0 saturated heterocycles. The quantitative estimate of drug-likeness (QED) is 0.209. The van der Waals surface area contributed by atoms with Crippen molar-refractivity contribution in [2.45, 2.75) is 16.5 Å². The van der Waals surface area contributed by atoms with E-state index in [0.29, 0.717) is 0 Å². The van der Waals surface area contributed by atoms with E-state index in [2.05, 4.69) is 0 Å². The van der Waals surface area contributed by atoms with Gasteiger partial charge in [-0.3, -0.25) is 13.7 Å². The molecule has 9 nitrogen and oxygen atoms in total. The fourth-order valence-corrected chi connectivity index (χ4v) is 0. The maximum absolute atomic E-state index is 10.7. The van der Waals surface area contributed by atoms with E-state index in [-0.39, 0.29) is 39.9 Å². The molecule has 0 aliphatic rings. The molecule has 0 amide bonds. The van der Waals surface area contributed by atoms with Crippen LogP contribution in [0.15, 0.2) is 0 Å². The molecule has 0 radical (unpaired) electrons. The van der Waals surface area contributed by atoms with Crippen molar-refractivity contribution in [2.75, 3.05) is 0 Å². The minimum absolute atomic E-state index is 0. The Morgan fingerprint density at radius 1 is 0.440 bits per heavy atom. The van der Waals surface area contributed by atoms with E-state index in [1.54, 1.807) is 0 Å². The smallest absolute Gasteiger partial charge is 0.279 e. The van der Waals surface area contributed by atoms with Gasteiger partial charge in [-0.15, -0.1) is 0 Å². The average Bonchev–Trinajstić information content (AvgIpc) is 2.08. The van der Waals surface area contributed by atoms with Gasteiger partial charge in [0.1, 0.15) is 0 Å². The van der Waals surface area contributed by atoms with Gasteiger partial charge in [-0.1, -0.05) is 0 Å². The molecule has 0 atom stereocenters. The van der Waals surface area contributed by atoms with Gasteiger partial charge in [0.05, 0.1) is 0 Å². The first-order chi connectivity index (χ1) is 9.75. The predicted octanol–water partition coefficient (Wildman–Crippen LogP) is 1.18. The Labute approximate surface area is 164 Å². The third-order valence-electron chi connectivity index (χ3n) is 0.877. The van der Waals surface area contributed by atoms with Gasteiger partial charge in [0.25, 0.3) is 0 Å². The molecule has 0 unspecified atom stereocenters. The molecular weight excluding hydrogens is 604 g/mol. The molecule has 0 aromatic rings. The number of alkyl halides is 9. The number of rotatable bonds is 0. The molecule has 0 fully saturated rings. The van der Waals surface area contributed by atoms with Crippen LogP contribution >= 0.6 is 0 Å². The molecule has 3 N–H and O–H groups in total. The van der Waals surface area contributed by atoms with Gasteiger partial charge in [0.2, 0.25) is 0 Å². The minimum Gasteiger partial charge on any atom is -0.279 e. The van der Waals surface area contributed by atoms with Crippen LogP contribution in [0.1, 0.15) is 0 Å². The van der Waals surface area contributed by atoms with Gasteiger partial charge in [-0.2, -0.15) is 64.8 Å². The molecule has 25 heavy (non-hydrogen) atoms. The molecule has 0 saturated carbocycles. The summed E-state index contributed by atoms with van der Waals surface area (Å²) >= 11 is 0. The van der Waals surface area contributed by atoms with Crippen LogP contribution in [0.5, 0.6) is 0 Å². The topological polar surface area (TPSA) is 163 Å². The van der Waals surface area contributed by atoms with Crippen LogP contribution in [-0.4, -0.2) is 55.4 Å². The largest absolute Gasteiger partial charge is 0.522 e. The van der Waals surface area contributed by atoms with Gasteiger partial charge in [0.15, 0.2) is 0 Å². The summed E-state index contributed by atoms with van der Waals surface area (Å²) in [6.45, 7) is 0. The molecule has 22 heteroatoms. The summed E-state index contributed by atoms with van der Waals surface area (Å²) in [6, 6.07) is 0. The van der Waals surface area contributed by atoms with Crippen LogP contribution in [0.2, 0.25) is 0 Å². The Bertz CT molecular complexity index is 596. The van der Waals surface area contributed by atoms with Crippen LogP contribution in [0.25, 0.3) is 0 Å². The molecule has 0 aliphatic carbocycles. The molecule has 158 valence electrons. The summed E-state index contributed by atoms with van der Waals surface area (Å²) in [5.74, 6) is 0. The molecule has 0 aromatic carbocycles. The normalized spacial score (nSPS) is 13.4. The standard InChI is InChI=1S/3CHF3O3S.Gd/c3*2-1(3,4)8(5,6)7;/h3*(H,5,6,7);. The Morgan fingerprint density at radius 3 is 0.480 bits per heavy atom. The van der Waals surface area contributed by atoms with E-state index in [1.165, 1.54) is 0 Å². The molecule has 0 bridgehead atoms. The maximum Gasteiger partial charge on any atom is 0.522 e. The van der Waals surface area contributed by atoms with E-state index in [4.69, 9.17) is 38.9 Å². The van der Waals surface area contributed by atoms with Crippen molar-refractivity contribution >= 4 is 30.4 Å². The Balaban J connectivity index is -0.000000130. The monoisotopic (exact) mass is 608 g/mol. The van der Waals surface area contributed by atoms with Gasteiger partial charge >= 0.3 is 46.9 Å². The molecule has 0 aromatic heterocycles. The van der Waals surface area contributed by atoms with E-state index in [1.807, 2.05) is 0 Å². The van der Waals surface area contributed by atoms with E-state index in [9.17, 15) is 39.5 Å². The third-order valence-corrected chi connectivity index (χ3v) is 2.63. The summed E-state index contributed by atoms with van der Waals surface area (Å²) < 4.78 is 173. The van der Waals surface area contributed by atoms with Gasteiger partial charge in [-0.25, -0.2) is 0 Å². The van der Waals surface area contributed by atoms with Crippen LogP contribution in [0.3, 0.4) is 0 Å². The second-order valence-electron chi connectivity index (χ2n) is 2.76. The van der Waals surface area contributed by atoms with E-state index >= 15 is 0 Å². The summed E-state index contributed by atoms with van der Waals surface area (Å²) in [7, 11) is -17.5. The number of hydrogen-bond acceptors (Lipinski definition) is 6. The van der Waals surface area contributed by atoms with Crippen molar-refractivity contribution in [1.29, 1.82) is 0 Å². The van der Waals surface area contributed by atoms with Crippen LogP contribution in [0, 0.1) is 39.9 Å². The number of halogens is 9.